The van der Waals surface area contributed by atoms with Gasteiger partial charge in [-0.2, -0.15) is 0 Å². The molecular formula is C18H19Br. The summed E-state index contributed by atoms with van der Waals surface area (Å²) in [5.74, 6) is 0. The lowest BCUT2D eigenvalue weighted by Crippen LogP contribution is -2.36. The normalized spacial score (nSPS) is 18.6. The molecule has 0 aromatic heterocycles. The predicted molar refractivity (Wildman–Crippen MR) is 84.8 cm³/mol. The maximum Gasteiger partial charge on any atom is 0.0178 e. The van der Waals surface area contributed by atoms with Gasteiger partial charge >= 0.3 is 0 Å². The van der Waals surface area contributed by atoms with Gasteiger partial charge in [-0.3, -0.25) is 0 Å². The second kappa shape index (κ2) is 3.96. The molecule has 3 rings (SSSR count). The lowest BCUT2D eigenvalue weighted by molar-refractivity contribution is 0.520. The van der Waals surface area contributed by atoms with E-state index in [1.54, 1.807) is 0 Å². The van der Waals surface area contributed by atoms with Crippen LogP contribution in [0.4, 0.5) is 0 Å². The minimum absolute atomic E-state index is 0.0607. The summed E-state index contributed by atoms with van der Waals surface area (Å²) in [6.07, 6.45) is 0. The van der Waals surface area contributed by atoms with Crippen molar-refractivity contribution in [3.05, 3.63) is 69.2 Å². The van der Waals surface area contributed by atoms with E-state index in [9.17, 15) is 0 Å². The molecule has 98 valence electrons. The molecule has 0 heterocycles. The zero-order valence-corrected chi connectivity index (χ0v) is 13.5. The van der Waals surface area contributed by atoms with Crippen molar-refractivity contribution in [1.29, 1.82) is 0 Å². The van der Waals surface area contributed by atoms with E-state index >= 15 is 0 Å². The van der Waals surface area contributed by atoms with E-state index < -0.39 is 0 Å². The molecule has 1 aliphatic rings. The van der Waals surface area contributed by atoms with Gasteiger partial charge < -0.3 is 0 Å². The molecule has 1 aliphatic carbocycles. The van der Waals surface area contributed by atoms with Crippen LogP contribution in [0.25, 0.3) is 0 Å². The Kier molecular flexibility index (Phi) is 2.69. The summed E-state index contributed by atoms with van der Waals surface area (Å²) in [7, 11) is 0. The molecule has 0 saturated heterocycles. The Balaban J connectivity index is 2.40. The number of hydrogen-bond donors (Lipinski definition) is 0. The van der Waals surface area contributed by atoms with Crippen LogP contribution in [0, 0.1) is 0 Å². The van der Waals surface area contributed by atoms with Crippen molar-refractivity contribution < 1.29 is 0 Å². The van der Waals surface area contributed by atoms with Crippen molar-refractivity contribution in [3.8, 4) is 0 Å². The first kappa shape index (κ1) is 12.9. The van der Waals surface area contributed by atoms with Crippen LogP contribution in [0.1, 0.15) is 49.9 Å². The van der Waals surface area contributed by atoms with E-state index in [1.165, 1.54) is 22.3 Å². The summed E-state index contributed by atoms with van der Waals surface area (Å²) in [6, 6.07) is 15.6. The largest absolute Gasteiger partial charge is 0.0619 e. The topological polar surface area (TPSA) is 0 Å². The van der Waals surface area contributed by atoms with Gasteiger partial charge in [-0.15, -0.1) is 0 Å². The van der Waals surface area contributed by atoms with Crippen molar-refractivity contribution in [2.24, 2.45) is 0 Å². The van der Waals surface area contributed by atoms with Crippen LogP contribution in [0.3, 0.4) is 0 Å². The third-order valence-electron chi connectivity index (χ3n) is 4.60. The highest BCUT2D eigenvalue weighted by atomic mass is 79.9. The van der Waals surface area contributed by atoms with Crippen LogP contribution in [0.5, 0.6) is 0 Å². The van der Waals surface area contributed by atoms with Gasteiger partial charge in [0.05, 0.1) is 0 Å². The second-order valence-electron chi connectivity index (χ2n) is 6.49. The van der Waals surface area contributed by atoms with Crippen molar-refractivity contribution in [2.75, 3.05) is 0 Å². The van der Waals surface area contributed by atoms with E-state index in [4.69, 9.17) is 0 Å². The zero-order valence-electron chi connectivity index (χ0n) is 11.9. The Morgan fingerprint density at radius 2 is 1.16 bits per heavy atom. The molecular weight excluding hydrogens is 296 g/mol. The molecule has 0 atom stereocenters. The van der Waals surface area contributed by atoms with Gasteiger partial charge in [-0.25, -0.2) is 0 Å². The van der Waals surface area contributed by atoms with Crippen LogP contribution < -0.4 is 0 Å². The van der Waals surface area contributed by atoms with Crippen LogP contribution >= 0.6 is 15.9 Å². The fourth-order valence-corrected chi connectivity index (χ4v) is 3.80. The summed E-state index contributed by atoms with van der Waals surface area (Å²) in [5, 5.41) is 0. The quantitative estimate of drug-likeness (QED) is 0.609. The molecule has 0 nitrogen and oxygen atoms in total. The maximum atomic E-state index is 3.62. The van der Waals surface area contributed by atoms with E-state index in [0.717, 1.165) is 4.47 Å². The van der Waals surface area contributed by atoms with Gasteiger partial charge in [0, 0.05) is 15.3 Å². The number of halogens is 1. The molecule has 1 heteroatoms. The van der Waals surface area contributed by atoms with Gasteiger partial charge in [0.25, 0.3) is 0 Å². The van der Waals surface area contributed by atoms with Crippen molar-refractivity contribution >= 4 is 15.9 Å². The van der Waals surface area contributed by atoms with Gasteiger partial charge in [0.2, 0.25) is 0 Å². The van der Waals surface area contributed by atoms with E-state index in [0.29, 0.717) is 0 Å². The molecule has 0 amide bonds. The zero-order chi connectivity index (χ0) is 13.8. The van der Waals surface area contributed by atoms with Crippen molar-refractivity contribution in [3.63, 3.8) is 0 Å². The summed E-state index contributed by atoms with van der Waals surface area (Å²) in [5.41, 5.74) is 5.92. The van der Waals surface area contributed by atoms with Crippen LogP contribution in [0.15, 0.2) is 46.9 Å². The van der Waals surface area contributed by atoms with E-state index in [1.807, 2.05) is 0 Å². The highest BCUT2D eigenvalue weighted by Gasteiger charge is 2.41. The lowest BCUT2D eigenvalue weighted by atomic mass is 9.60. The number of rotatable bonds is 0. The molecule has 2 aromatic carbocycles. The molecule has 0 radical (unpaired) electrons. The highest BCUT2D eigenvalue weighted by molar-refractivity contribution is 9.10. The standard InChI is InChI=1S/C18H19Br/c1-17(2)13-7-5-6-8-14(13)18(3,4)16-11-12(19)9-10-15(16)17/h5-11H,1-4H3. The number of fused-ring (bicyclic) bond motifs is 2. The first-order valence-corrected chi connectivity index (χ1v) is 7.55. The third kappa shape index (κ3) is 1.71. The highest BCUT2D eigenvalue weighted by Crippen LogP contribution is 2.49. The SMILES string of the molecule is CC1(C)c2ccccc2C(C)(C)c2cc(Br)ccc21. The summed E-state index contributed by atoms with van der Waals surface area (Å²) in [4.78, 5) is 0. The molecule has 0 aliphatic heterocycles. The average molecular weight is 315 g/mol. The Morgan fingerprint density at radius 1 is 0.684 bits per heavy atom. The lowest BCUT2D eigenvalue weighted by Gasteiger charge is -2.43. The Labute approximate surface area is 124 Å². The molecule has 0 N–H and O–H groups in total. The molecule has 0 bridgehead atoms. The first-order valence-electron chi connectivity index (χ1n) is 6.75. The Bertz CT molecular complexity index is 650. The molecule has 0 spiro atoms. The van der Waals surface area contributed by atoms with Gasteiger partial charge in [0.1, 0.15) is 0 Å². The molecule has 2 aromatic rings. The fourth-order valence-electron chi connectivity index (χ4n) is 3.44. The summed E-state index contributed by atoms with van der Waals surface area (Å²) in [6.45, 7) is 9.31. The Hall–Kier alpha value is -1.08. The van der Waals surface area contributed by atoms with Gasteiger partial charge in [-0.1, -0.05) is 74.0 Å². The predicted octanol–water partition coefficient (Wildman–Crippen LogP) is 5.41. The minimum atomic E-state index is 0.0607. The second-order valence-corrected chi connectivity index (χ2v) is 7.40. The average Bonchev–Trinajstić information content (AvgIpc) is 2.37. The summed E-state index contributed by atoms with van der Waals surface area (Å²) < 4.78 is 1.16. The Morgan fingerprint density at radius 3 is 1.74 bits per heavy atom. The first-order chi connectivity index (χ1) is 8.85. The van der Waals surface area contributed by atoms with Crippen molar-refractivity contribution in [2.45, 2.75) is 38.5 Å². The van der Waals surface area contributed by atoms with E-state index in [2.05, 4.69) is 86.1 Å². The van der Waals surface area contributed by atoms with E-state index in [-0.39, 0.29) is 10.8 Å². The van der Waals surface area contributed by atoms with Gasteiger partial charge in [-0.05, 0) is 34.4 Å². The smallest absolute Gasteiger partial charge is 0.0178 e. The fraction of sp³-hybridized carbons (Fsp3) is 0.333. The third-order valence-corrected chi connectivity index (χ3v) is 5.10. The number of hydrogen-bond acceptors (Lipinski definition) is 0. The monoisotopic (exact) mass is 314 g/mol. The molecule has 0 saturated carbocycles. The van der Waals surface area contributed by atoms with Gasteiger partial charge in [0.15, 0.2) is 0 Å². The minimum Gasteiger partial charge on any atom is -0.0619 e. The number of benzene rings is 2. The van der Waals surface area contributed by atoms with Crippen LogP contribution in [-0.2, 0) is 10.8 Å². The van der Waals surface area contributed by atoms with Crippen molar-refractivity contribution in [1.82, 2.24) is 0 Å². The maximum absolute atomic E-state index is 3.62. The van der Waals surface area contributed by atoms with Crippen LogP contribution in [0.2, 0.25) is 0 Å². The molecule has 0 fully saturated rings. The molecule has 19 heavy (non-hydrogen) atoms. The molecule has 0 unspecified atom stereocenters. The van der Waals surface area contributed by atoms with Crippen LogP contribution in [-0.4, -0.2) is 0 Å². The summed E-state index contributed by atoms with van der Waals surface area (Å²) >= 11 is 3.62.